The van der Waals surface area contributed by atoms with Crippen LogP contribution in [0.5, 0.6) is 0 Å². The van der Waals surface area contributed by atoms with Gasteiger partial charge in [-0.2, -0.15) is 0 Å². The summed E-state index contributed by atoms with van der Waals surface area (Å²) in [5, 5.41) is 0. The van der Waals surface area contributed by atoms with E-state index in [1.54, 1.807) is 0 Å². The molecule has 0 aromatic heterocycles. The predicted octanol–water partition coefficient (Wildman–Crippen LogP) is 8.18. The van der Waals surface area contributed by atoms with E-state index in [4.69, 9.17) is 9.47 Å². The minimum atomic E-state index is -0.313. The first-order valence-electron chi connectivity index (χ1n) is 13.4. The molecule has 0 amide bonds. The van der Waals surface area contributed by atoms with E-state index in [0.29, 0.717) is 49.0 Å². The number of carbonyl (C=O) groups excluding carboxylic acids is 2. The summed E-state index contributed by atoms with van der Waals surface area (Å²) < 4.78 is 11.1. The van der Waals surface area contributed by atoms with E-state index in [1.807, 2.05) is 0 Å². The van der Waals surface area contributed by atoms with Crippen molar-refractivity contribution >= 4 is 11.9 Å². The molecule has 32 heavy (non-hydrogen) atoms. The Morgan fingerprint density at radius 2 is 0.938 bits per heavy atom. The zero-order valence-electron chi connectivity index (χ0n) is 22.1. The highest BCUT2D eigenvalue weighted by Crippen LogP contribution is 2.23. The van der Waals surface area contributed by atoms with Crippen LogP contribution in [0.2, 0.25) is 0 Å². The van der Waals surface area contributed by atoms with Gasteiger partial charge in [0.2, 0.25) is 0 Å². The molecular weight excluding hydrogens is 400 g/mol. The normalized spacial score (nSPS) is 12.2. The van der Waals surface area contributed by atoms with Gasteiger partial charge in [0.1, 0.15) is 0 Å². The summed E-state index contributed by atoms with van der Waals surface area (Å²) in [6.07, 6.45) is 13.5. The van der Waals surface area contributed by atoms with Crippen molar-refractivity contribution in [1.29, 1.82) is 0 Å². The van der Waals surface area contributed by atoms with Gasteiger partial charge in [0.05, 0.1) is 13.2 Å². The maximum Gasteiger partial charge on any atom is 0.334 e. The third kappa shape index (κ3) is 16.3. The Hall–Kier alpha value is -1.32. The molecule has 0 saturated heterocycles. The molecule has 4 nitrogen and oxygen atoms in total. The van der Waals surface area contributed by atoms with Crippen molar-refractivity contribution in [2.75, 3.05) is 13.2 Å². The standard InChI is InChI=1S/C28H52O4/c1-7-9-21-31-27(29)25(19-15-11-13-17-23(3)4)26(28(30)32-22-10-8-2)20-16-12-14-18-24(5)6/h23-24H,7-22H2,1-6H3/b26-25-. The van der Waals surface area contributed by atoms with Crippen LogP contribution in [0.25, 0.3) is 0 Å². The van der Waals surface area contributed by atoms with Crippen molar-refractivity contribution in [3.05, 3.63) is 11.1 Å². The summed E-state index contributed by atoms with van der Waals surface area (Å²) in [4.78, 5) is 25.9. The Bertz CT molecular complexity index is 474. The Kier molecular flexibility index (Phi) is 19.5. The molecule has 0 aromatic carbocycles. The maximum atomic E-state index is 13.0. The van der Waals surface area contributed by atoms with Crippen molar-refractivity contribution in [2.45, 2.75) is 131 Å². The van der Waals surface area contributed by atoms with E-state index in [0.717, 1.165) is 64.2 Å². The Labute approximate surface area is 198 Å². The Morgan fingerprint density at radius 1 is 0.562 bits per heavy atom. The summed E-state index contributed by atoms with van der Waals surface area (Å²) in [6, 6.07) is 0. The van der Waals surface area contributed by atoms with E-state index in [9.17, 15) is 9.59 Å². The van der Waals surface area contributed by atoms with Crippen molar-refractivity contribution in [1.82, 2.24) is 0 Å². The SMILES string of the molecule is CCCCOC(=O)/C(CCCCCC(C)C)=C(/CCCCCC(C)C)C(=O)OCCCC. The summed E-state index contributed by atoms with van der Waals surface area (Å²) >= 11 is 0. The maximum absolute atomic E-state index is 13.0. The lowest BCUT2D eigenvalue weighted by Gasteiger charge is -2.15. The van der Waals surface area contributed by atoms with Crippen molar-refractivity contribution < 1.29 is 19.1 Å². The Balaban J connectivity index is 5.36. The second-order valence-electron chi connectivity index (χ2n) is 9.92. The number of rotatable bonds is 20. The first kappa shape index (κ1) is 30.7. The number of hydrogen-bond acceptors (Lipinski definition) is 4. The fourth-order valence-corrected chi connectivity index (χ4v) is 3.61. The minimum Gasteiger partial charge on any atom is -0.462 e. The lowest BCUT2D eigenvalue weighted by atomic mass is 9.95. The number of hydrogen-bond donors (Lipinski definition) is 0. The third-order valence-electron chi connectivity index (χ3n) is 5.74. The van der Waals surface area contributed by atoms with Gasteiger partial charge >= 0.3 is 11.9 Å². The molecule has 0 radical (unpaired) electrons. The molecule has 0 N–H and O–H groups in total. The van der Waals surface area contributed by atoms with Gasteiger partial charge < -0.3 is 9.47 Å². The van der Waals surface area contributed by atoms with Crippen LogP contribution in [0.4, 0.5) is 0 Å². The number of esters is 2. The first-order chi connectivity index (χ1) is 15.3. The summed E-state index contributed by atoms with van der Waals surface area (Å²) in [7, 11) is 0. The average Bonchev–Trinajstić information content (AvgIpc) is 2.73. The van der Waals surface area contributed by atoms with Crippen LogP contribution >= 0.6 is 0 Å². The zero-order valence-corrected chi connectivity index (χ0v) is 22.1. The van der Waals surface area contributed by atoms with Crippen LogP contribution in [0, 0.1) is 11.8 Å². The second-order valence-corrected chi connectivity index (χ2v) is 9.92. The van der Waals surface area contributed by atoms with Crippen LogP contribution in [-0.4, -0.2) is 25.2 Å². The third-order valence-corrected chi connectivity index (χ3v) is 5.74. The van der Waals surface area contributed by atoms with Crippen LogP contribution in [0.3, 0.4) is 0 Å². The van der Waals surface area contributed by atoms with Gasteiger partial charge in [0.25, 0.3) is 0 Å². The van der Waals surface area contributed by atoms with E-state index < -0.39 is 0 Å². The topological polar surface area (TPSA) is 52.6 Å². The highest BCUT2D eigenvalue weighted by atomic mass is 16.5. The van der Waals surface area contributed by atoms with E-state index in [-0.39, 0.29) is 11.9 Å². The summed E-state index contributed by atoms with van der Waals surface area (Å²) in [5.41, 5.74) is 1.13. The molecule has 4 heteroatoms. The summed E-state index contributed by atoms with van der Waals surface area (Å²) in [6.45, 7) is 13.9. The monoisotopic (exact) mass is 452 g/mol. The van der Waals surface area contributed by atoms with Crippen molar-refractivity contribution in [3.8, 4) is 0 Å². The molecule has 0 atom stereocenters. The van der Waals surface area contributed by atoms with Gasteiger partial charge in [-0.25, -0.2) is 9.59 Å². The van der Waals surface area contributed by atoms with Gasteiger partial charge in [-0.1, -0.05) is 92.9 Å². The Morgan fingerprint density at radius 3 is 1.25 bits per heavy atom. The molecule has 188 valence electrons. The van der Waals surface area contributed by atoms with E-state index >= 15 is 0 Å². The van der Waals surface area contributed by atoms with Crippen LogP contribution in [0.1, 0.15) is 131 Å². The highest BCUT2D eigenvalue weighted by molar-refractivity contribution is 6.00. The molecule has 0 rings (SSSR count). The lowest BCUT2D eigenvalue weighted by Crippen LogP contribution is -2.18. The largest absolute Gasteiger partial charge is 0.462 e. The minimum absolute atomic E-state index is 0.313. The van der Waals surface area contributed by atoms with Gasteiger partial charge in [0, 0.05) is 11.1 Å². The van der Waals surface area contributed by atoms with Crippen LogP contribution < -0.4 is 0 Å². The molecule has 0 bridgehead atoms. The van der Waals surface area contributed by atoms with E-state index in [1.165, 1.54) is 12.8 Å². The fraction of sp³-hybridized carbons (Fsp3) is 0.857. The number of ether oxygens (including phenoxy) is 2. The van der Waals surface area contributed by atoms with Crippen LogP contribution in [0.15, 0.2) is 11.1 Å². The molecular formula is C28H52O4. The highest BCUT2D eigenvalue weighted by Gasteiger charge is 2.23. The second kappa shape index (κ2) is 20.3. The molecule has 0 aliphatic rings. The predicted molar refractivity (Wildman–Crippen MR) is 135 cm³/mol. The van der Waals surface area contributed by atoms with Gasteiger partial charge in [-0.15, -0.1) is 0 Å². The van der Waals surface area contributed by atoms with Crippen molar-refractivity contribution in [2.24, 2.45) is 11.8 Å². The molecule has 0 aliphatic heterocycles. The van der Waals surface area contributed by atoms with Crippen LogP contribution in [-0.2, 0) is 19.1 Å². The molecule has 0 aromatic rings. The molecule has 0 fully saturated rings. The van der Waals surface area contributed by atoms with Crippen molar-refractivity contribution in [3.63, 3.8) is 0 Å². The van der Waals surface area contributed by atoms with Gasteiger partial charge in [-0.05, 0) is 50.4 Å². The molecule has 0 saturated carbocycles. The lowest BCUT2D eigenvalue weighted by molar-refractivity contribution is -0.142. The fourth-order valence-electron chi connectivity index (χ4n) is 3.61. The van der Waals surface area contributed by atoms with E-state index in [2.05, 4.69) is 41.5 Å². The number of unbranched alkanes of at least 4 members (excludes halogenated alkanes) is 6. The molecule has 0 spiro atoms. The quantitative estimate of drug-likeness (QED) is 0.106. The average molecular weight is 453 g/mol. The molecule has 0 aliphatic carbocycles. The zero-order chi connectivity index (χ0) is 24.2. The molecule has 0 heterocycles. The molecule has 0 unspecified atom stereocenters. The van der Waals surface area contributed by atoms with Gasteiger partial charge in [-0.3, -0.25) is 0 Å². The van der Waals surface area contributed by atoms with Gasteiger partial charge in [0.15, 0.2) is 0 Å². The first-order valence-corrected chi connectivity index (χ1v) is 13.4. The number of carbonyl (C=O) groups is 2. The summed E-state index contributed by atoms with van der Waals surface area (Å²) in [5.74, 6) is 0.761. The smallest absolute Gasteiger partial charge is 0.334 e.